The van der Waals surface area contributed by atoms with Gasteiger partial charge in [0.1, 0.15) is 35.4 Å². The predicted octanol–water partition coefficient (Wildman–Crippen LogP) is 6.08. The van der Waals surface area contributed by atoms with Crippen LogP contribution in [0, 0.1) is 16.7 Å². The van der Waals surface area contributed by atoms with Crippen molar-refractivity contribution < 1.29 is 71.8 Å². The summed E-state index contributed by atoms with van der Waals surface area (Å²) in [5.74, 6) is -4.89. The zero-order valence-corrected chi connectivity index (χ0v) is 37.6. The van der Waals surface area contributed by atoms with Crippen LogP contribution in [0.4, 0.5) is 0 Å². The smallest absolute Gasteiger partial charge is 0.343 e. The van der Waals surface area contributed by atoms with Crippen molar-refractivity contribution in [2.24, 2.45) is 16.7 Å². The Bertz CT molecular complexity index is 2420. The van der Waals surface area contributed by atoms with Gasteiger partial charge in [0.2, 0.25) is 0 Å². The number of hydrogen-bond donors (Lipinski definition) is 1. The van der Waals surface area contributed by atoms with Gasteiger partial charge in [-0.15, -0.1) is 0 Å². The minimum Gasteiger partial charge on any atom is -0.497 e. The minimum absolute atomic E-state index is 0.0812. The zero-order valence-electron chi connectivity index (χ0n) is 37.6. The quantitative estimate of drug-likeness (QED) is 0.0722. The van der Waals surface area contributed by atoms with Gasteiger partial charge in [-0.3, -0.25) is 19.2 Å². The van der Waals surface area contributed by atoms with Crippen molar-refractivity contribution in [3.8, 4) is 11.5 Å². The van der Waals surface area contributed by atoms with E-state index >= 15 is 4.79 Å². The van der Waals surface area contributed by atoms with Crippen molar-refractivity contribution in [3.63, 3.8) is 0 Å². The number of carbonyl (C=O) groups is 6. The van der Waals surface area contributed by atoms with Crippen LogP contribution in [0.25, 0.3) is 6.08 Å². The molecule has 344 valence electrons. The van der Waals surface area contributed by atoms with Crippen molar-refractivity contribution in [1.82, 2.24) is 0 Å². The van der Waals surface area contributed by atoms with Gasteiger partial charge in [-0.25, -0.2) is 9.59 Å². The standard InChI is InChI=1S/C50H54O15/c1-28-37(61-29(2)51)25-50(57)45(59-26-33-13-10-9-11-14-33)43-48(7,44(55)42(62-30(3)52)41(28)47(50,5)6)38(24-39-49(43,27-60-39)65-31(4)53)64-40(54)22-19-32-17-20-35(21-18-32)63-46(56)34-15-12-16-36(23-34)58-8/h9-23,37-39,42-43,45,57H,24-27H2,1-8H3/b22-19+/t37-,38-,39+,42+,43-,45-,48+,49-,50+/m0/s1. The van der Waals surface area contributed by atoms with Gasteiger partial charge in [0, 0.05) is 51.0 Å². The highest BCUT2D eigenvalue weighted by molar-refractivity contribution is 5.96. The van der Waals surface area contributed by atoms with E-state index in [1.807, 2.05) is 30.3 Å². The largest absolute Gasteiger partial charge is 0.497 e. The van der Waals surface area contributed by atoms with Gasteiger partial charge in [-0.05, 0) is 72.5 Å². The van der Waals surface area contributed by atoms with Gasteiger partial charge >= 0.3 is 29.8 Å². The summed E-state index contributed by atoms with van der Waals surface area (Å²) in [6.07, 6.45) is -4.17. The van der Waals surface area contributed by atoms with Crippen LogP contribution in [0.15, 0.2) is 96.1 Å². The number of hydrogen-bond acceptors (Lipinski definition) is 15. The van der Waals surface area contributed by atoms with E-state index in [1.165, 1.54) is 33.1 Å². The van der Waals surface area contributed by atoms with Gasteiger partial charge < -0.3 is 43.0 Å². The molecule has 9 atom stereocenters. The molecule has 1 heterocycles. The lowest BCUT2D eigenvalue weighted by Gasteiger charge is -2.68. The third kappa shape index (κ3) is 8.60. The number of ether oxygens (including phenoxy) is 8. The highest BCUT2D eigenvalue weighted by atomic mass is 16.6. The van der Waals surface area contributed by atoms with Gasteiger partial charge in [0.15, 0.2) is 17.5 Å². The number of carbonyl (C=O) groups excluding carboxylic acids is 6. The van der Waals surface area contributed by atoms with E-state index in [4.69, 9.17) is 37.9 Å². The Hall–Kier alpha value is -6.16. The maximum absolute atomic E-state index is 15.9. The highest BCUT2D eigenvalue weighted by Crippen LogP contribution is 2.65. The van der Waals surface area contributed by atoms with E-state index in [0.29, 0.717) is 22.4 Å². The molecule has 3 aliphatic carbocycles. The molecule has 3 fully saturated rings. The zero-order chi connectivity index (χ0) is 47.1. The number of rotatable bonds is 12. The summed E-state index contributed by atoms with van der Waals surface area (Å²) >= 11 is 0. The number of esters is 5. The first kappa shape index (κ1) is 46.8. The van der Waals surface area contributed by atoms with Crippen molar-refractivity contribution in [1.29, 1.82) is 0 Å². The van der Waals surface area contributed by atoms with Crippen LogP contribution in [0.3, 0.4) is 0 Å². The number of Topliss-reactive ketones (excluding diaryl/α,β-unsaturated/α-hetero) is 1. The summed E-state index contributed by atoms with van der Waals surface area (Å²) in [7, 11) is 1.49. The molecule has 0 radical (unpaired) electrons. The van der Waals surface area contributed by atoms with Crippen LogP contribution in [-0.2, 0) is 59.0 Å². The second-order valence-electron chi connectivity index (χ2n) is 17.8. The third-order valence-corrected chi connectivity index (χ3v) is 13.6. The molecule has 1 aliphatic heterocycles. The first-order valence-corrected chi connectivity index (χ1v) is 21.4. The number of fused-ring (bicyclic) bond motifs is 5. The van der Waals surface area contributed by atoms with Crippen LogP contribution in [0.1, 0.15) is 82.8 Å². The minimum atomic E-state index is -2.05. The van der Waals surface area contributed by atoms with Crippen molar-refractivity contribution in [3.05, 3.63) is 113 Å². The van der Waals surface area contributed by atoms with Crippen LogP contribution >= 0.6 is 0 Å². The number of aliphatic hydroxyl groups is 1. The second kappa shape index (κ2) is 18.0. The fourth-order valence-electron chi connectivity index (χ4n) is 10.3. The molecule has 15 nitrogen and oxygen atoms in total. The summed E-state index contributed by atoms with van der Waals surface area (Å²) < 4.78 is 48.0. The van der Waals surface area contributed by atoms with Crippen LogP contribution in [0.5, 0.6) is 11.5 Å². The lowest BCUT2D eigenvalue weighted by atomic mass is 9.44. The van der Waals surface area contributed by atoms with Gasteiger partial charge in [-0.2, -0.15) is 0 Å². The molecule has 3 aromatic rings. The molecule has 65 heavy (non-hydrogen) atoms. The summed E-state index contributed by atoms with van der Waals surface area (Å²) in [5.41, 5.74) is -4.87. The fourth-order valence-corrected chi connectivity index (χ4v) is 10.3. The van der Waals surface area contributed by atoms with Crippen molar-refractivity contribution in [2.45, 2.75) is 110 Å². The van der Waals surface area contributed by atoms with Gasteiger partial charge in [0.25, 0.3) is 0 Å². The predicted molar refractivity (Wildman–Crippen MR) is 231 cm³/mol. The van der Waals surface area contributed by atoms with Crippen molar-refractivity contribution in [2.75, 3.05) is 13.7 Å². The Morgan fingerprint density at radius 3 is 2.15 bits per heavy atom. The molecule has 2 bridgehead atoms. The molecule has 2 saturated carbocycles. The Balaban J connectivity index is 1.30. The fraction of sp³-hybridized carbons (Fsp3) is 0.440. The first-order chi connectivity index (χ1) is 30.7. The number of benzene rings is 3. The summed E-state index contributed by atoms with van der Waals surface area (Å²) in [6.45, 7) is 9.94. The SMILES string of the molecule is COc1cccc(C(=O)Oc2ccc(/C=C/C(=O)O[C@H]3C[C@H]4OC[C@@]4(OC(C)=O)[C@H]4[C@H](OCc5ccccc5)[C@]5(O)C[C@H](OC(C)=O)C(C)=C([C@@H](OC(C)=O)C(=O)[C@]34C)C5(C)C)cc2)c1. The molecule has 15 heteroatoms. The molecule has 0 aromatic heterocycles. The van der Waals surface area contributed by atoms with E-state index in [-0.39, 0.29) is 37.4 Å². The normalized spacial score (nSPS) is 30.0. The molecular formula is C50H54O15. The molecule has 4 aliphatic rings. The maximum Gasteiger partial charge on any atom is 0.343 e. The lowest BCUT2D eigenvalue weighted by Crippen LogP contribution is -2.82. The Labute approximate surface area is 376 Å². The third-order valence-electron chi connectivity index (χ3n) is 13.6. The number of ketones is 1. The molecular weight excluding hydrogens is 841 g/mol. The molecule has 3 aromatic carbocycles. The van der Waals surface area contributed by atoms with E-state index in [0.717, 1.165) is 12.5 Å². The Morgan fingerprint density at radius 2 is 1.54 bits per heavy atom. The molecule has 0 amide bonds. The molecule has 0 spiro atoms. The average molecular weight is 895 g/mol. The van der Waals surface area contributed by atoms with Gasteiger partial charge in [0.05, 0.1) is 37.4 Å². The van der Waals surface area contributed by atoms with E-state index in [1.54, 1.807) is 76.2 Å². The second-order valence-corrected chi connectivity index (χ2v) is 17.8. The topological polar surface area (TPSA) is 196 Å². The van der Waals surface area contributed by atoms with Crippen molar-refractivity contribution >= 4 is 41.7 Å². The summed E-state index contributed by atoms with van der Waals surface area (Å²) in [5, 5.41) is 13.6. The maximum atomic E-state index is 15.9. The molecule has 0 unspecified atom stereocenters. The monoisotopic (exact) mass is 894 g/mol. The number of methoxy groups -OCH3 is 1. The van der Waals surface area contributed by atoms with E-state index in [2.05, 4.69) is 0 Å². The van der Waals surface area contributed by atoms with Crippen LogP contribution in [0.2, 0.25) is 0 Å². The Kier molecular flexibility index (Phi) is 13.0. The lowest BCUT2D eigenvalue weighted by molar-refractivity contribution is -0.352. The molecule has 1 N–H and O–H groups in total. The average Bonchev–Trinajstić information content (AvgIpc) is 3.25. The first-order valence-electron chi connectivity index (χ1n) is 21.4. The van der Waals surface area contributed by atoms with Gasteiger partial charge in [-0.1, -0.05) is 62.4 Å². The summed E-state index contributed by atoms with van der Waals surface area (Å²) in [4.78, 5) is 81.5. The van der Waals surface area contributed by atoms with Crippen LogP contribution in [-0.4, -0.2) is 96.2 Å². The summed E-state index contributed by atoms with van der Waals surface area (Å²) in [6, 6.07) is 22.0. The Morgan fingerprint density at radius 1 is 0.846 bits per heavy atom. The molecule has 7 rings (SSSR count). The molecule has 1 saturated heterocycles. The highest BCUT2D eigenvalue weighted by Gasteiger charge is 2.78. The van der Waals surface area contributed by atoms with E-state index in [9.17, 15) is 29.1 Å². The van der Waals surface area contributed by atoms with E-state index < -0.39 is 94.1 Å². The van der Waals surface area contributed by atoms with Crippen LogP contribution < -0.4 is 9.47 Å².